The molecule has 0 saturated heterocycles. The smallest absolute Gasteiger partial charge is 0.159 e. The zero-order chi connectivity index (χ0) is 13.8. The number of ether oxygens (including phenoxy) is 1. The van der Waals surface area contributed by atoms with Gasteiger partial charge in [-0.3, -0.25) is 0 Å². The minimum Gasteiger partial charge on any atom is -0.489 e. The highest BCUT2D eigenvalue weighted by Crippen LogP contribution is 2.18. The normalized spacial score (nSPS) is 12.2. The molecular formula is C15H14F2O2. The molecule has 2 aromatic rings. The van der Waals surface area contributed by atoms with Crippen LogP contribution in [0.2, 0.25) is 0 Å². The van der Waals surface area contributed by atoms with E-state index in [1.165, 1.54) is 6.07 Å². The third-order valence-electron chi connectivity index (χ3n) is 2.75. The van der Waals surface area contributed by atoms with E-state index in [0.29, 0.717) is 11.3 Å². The lowest BCUT2D eigenvalue weighted by atomic mass is 10.1. The molecule has 2 aromatic carbocycles. The molecule has 0 unspecified atom stereocenters. The second-order valence-corrected chi connectivity index (χ2v) is 4.28. The fourth-order valence-corrected chi connectivity index (χ4v) is 1.64. The molecular weight excluding hydrogens is 250 g/mol. The van der Waals surface area contributed by atoms with Crippen LogP contribution < -0.4 is 4.74 Å². The summed E-state index contributed by atoms with van der Waals surface area (Å²) in [6.45, 7) is 1.84. The Morgan fingerprint density at radius 3 is 2.32 bits per heavy atom. The minimum atomic E-state index is -0.884. The molecule has 0 amide bonds. The molecule has 1 atom stereocenters. The first kappa shape index (κ1) is 13.5. The third-order valence-corrected chi connectivity index (χ3v) is 2.75. The summed E-state index contributed by atoms with van der Waals surface area (Å²) in [5.74, 6) is -1.15. The average Bonchev–Trinajstić information content (AvgIpc) is 2.40. The highest BCUT2D eigenvalue weighted by Gasteiger charge is 2.04. The van der Waals surface area contributed by atoms with Crippen LogP contribution in [0.15, 0.2) is 42.5 Å². The third kappa shape index (κ3) is 3.51. The second kappa shape index (κ2) is 5.80. The van der Waals surface area contributed by atoms with Crippen molar-refractivity contribution in [2.24, 2.45) is 0 Å². The van der Waals surface area contributed by atoms with Gasteiger partial charge in [-0.15, -0.1) is 0 Å². The first-order valence-corrected chi connectivity index (χ1v) is 5.91. The molecule has 0 radical (unpaired) electrons. The molecule has 0 fully saturated rings. The van der Waals surface area contributed by atoms with Crippen LogP contribution in [0.3, 0.4) is 0 Å². The lowest BCUT2D eigenvalue weighted by molar-refractivity contribution is 0.199. The molecule has 0 heterocycles. The Bertz CT molecular complexity index is 551. The summed E-state index contributed by atoms with van der Waals surface area (Å²) in [5.41, 5.74) is 1.35. The second-order valence-electron chi connectivity index (χ2n) is 4.28. The van der Waals surface area contributed by atoms with Crippen LogP contribution in [0.4, 0.5) is 8.78 Å². The van der Waals surface area contributed by atoms with Gasteiger partial charge in [0.15, 0.2) is 11.6 Å². The van der Waals surface area contributed by atoms with Crippen LogP contribution in [0.5, 0.6) is 5.75 Å². The van der Waals surface area contributed by atoms with Crippen molar-refractivity contribution in [3.8, 4) is 5.75 Å². The van der Waals surface area contributed by atoms with Crippen LogP contribution in [0.25, 0.3) is 0 Å². The Morgan fingerprint density at radius 2 is 1.74 bits per heavy atom. The summed E-state index contributed by atoms with van der Waals surface area (Å²) in [7, 11) is 0. The van der Waals surface area contributed by atoms with Crippen LogP contribution in [-0.4, -0.2) is 5.11 Å². The zero-order valence-electron chi connectivity index (χ0n) is 10.4. The molecule has 0 aliphatic carbocycles. The Labute approximate surface area is 110 Å². The molecule has 0 bridgehead atoms. The van der Waals surface area contributed by atoms with Gasteiger partial charge in [0.1, 0.15) is 12.4 Å². The van der Waals surface area contributed by atoms with E-state index in [-0.39, 0.29) is 6.61 Å². The number of hydrogen-bond donors (Lipinski definition) is 1. The van der Waals surface area contributed by atoms with Crippen LogP contribution >= 0.6 is 0 Å². The first-order valence-electron chi connectivity index (χ1n) is 5.91. The van der Waals surface area contributed by atoms with E-state index in [1.807, 2.05) is 0 Å². The van der Waals surface area contributed by atoms with Gasteiger partial charge in [-0.05, 0) is 42.3 Å². The number of rotatable bonds is 4. The Balaban J connectivity index is 2.00. The van der Waals surface area contributed by atoms with Gasteiger partial charge >= 0.3 is 0 Å². The van der Waals surface area contributed by atoms with Gasteiger partial charge in [0, 0.05) is 0 Å². The van der Waals surface area contributed by atoms with E-state index < -0.39 is 17.7 Å². The average molecular weight is 264 g/mol. The molecule has 100 valence electrons. The SMILES string of the molecule is C[C@@H](O)c1ccc(OCc2ccc(F)c(F)c2)cc1. The molecule has 0 aromatic heterocycles. The van der Waals surface area contributed by atoms with E-state index >= 15 is 0 Å². The van der Waals surface area contributed by atoms with E-state index in [0.717, 1.165) is 17.7 Å². The van der Waals surface area contributed by atoms with Gasteiger partial charge in [-0.2, -0.15) is 0 Å². The van der Waals surface area contributed by atoms with E-state index in [1.54, 1.807) is 31.2 Å². The van der Waals surface area contributed by atoms with Gasteiger partial charge in [0.2, 0.25) is 0 Å². The quantitative estimate of drug-likeness (QED) is 0.914. The summed E-state index contributed by atoms with van der Waals surface area (Å²) in [6, 6.07) is 10.6. The molecule has 1 N–H and O–H groups in total. The highest BCUT2D eigenvalue weighted by molar-refractivity contribution is 5.28. The maximum Gasteiger partial charge on any atom is 0.159 e. The summed E-state index contributed by atoms with van der Waals surface area (Å²) in [5, 5.41) is 9.36. The van der Waals surface area contributed by atoms with Gasteiger partial charge < -0.3 is 9.84 Å². The molecule has 0 aliphatic rings. The standard InChI is InChI=1S/C15H14F2O2/c1-10(18)12-3-5-13(6-4-12)19-9-11-2-7-14(16)15(17)8-11/h2-8,10,18H,9H2,1H3/t10-/m1/s1. The molecule has 0 spiro atoms. The summed E-state index contributed by atoms with van der Waals surface area (Å²) >= 11 is 0. The number of aliphatic hydroxyl groups is 1. The Hall–Kier alpha value is -1.94. The Kier molecular flexibility index (Phi) is 4.12. The predicted molar refractivity (Wildman–Crippen MR) is 67.8 cm³/mol. The molecule has 0 saturated carbocycles. The monoisotopic (exact) mass is 264 g/mol. The maximum atomic E-state index is 13.0. The predicted octanol–water partition coefficient (Wildman–Crippen LogP) is 3.60. The highest BCUT2D eigenvalue weighted by atomic mass is 19.2. The van der Waals surface area contributed by atoms with Crippen molar-refractivity contribution in [2.75, 3.05) is 0 Å². The van der Waals surface area contributed by atoms with Crippen LogP contribution in [0.1, 0.15) is 24.2 Å². The van der Waals surface area contributed by atoms with Gasteiger partial charge in [0.05, 0.1) is 6.10 Å². The maximum absolute atomic E-state index is 13.0. The van der Waals surface area contributed by atoms with Crippen molar-refractivity contribution < 1.29 is 18.6 Å². The first-order chi connectivity index (χ1) is 9.06. The zero-order valence-corrected chi connectivity index (χ0v) is 10.4. The van der Waals surface area contributed by atoms with E-state index in [4.69, 9.17) is 4.74 Å². The van der Waals surface area contributed by atoms with Gasteiger partial charge in [-0.25, -0.2) is 8.78 Å². The van der Waals surface area contributed by atoms with Crippen LogP contribution in [0, 0.1) is 11.6 Å². The van der Waals surface area contributed by atoms with E-state index in [2.05, 4.69) is 0 Å². The van der Waals surface area contributed by atoms with Gasteiger partial charge in [0.25, 0.3) is 0 Å². The summed E-state index contributed by atoms with van der Waals surface area (Å²) in [4.78, 5) is 0. The van der Waals surface area contributed by atoms with E-state index in [9.17, 15) is 13.9 Å². The lowest BCUT2D eigenvalue weighted by Gasteiger charge is -2.09. The van der Waals surface area contributed by atoms with Crippen molar-refractivity contribution in [2.45, 2.75) is 19.6 Å². The van der Waals surface area contributed by atoms with Crippen molar-refractivity contribution in [3.63, 3.8) is 0 Å². The summed E-state index contributed by atoms with van der Waals surface area (Å²) < 4.78 is 31.2. The minimum absolute atomic E-state index is 0.158. The lowest BCUT2D eigenvalue weighted by Crippen LogP contribution is -1.98. The van der Waals surface area contributed by atoms with Crippen molar-refractivity contribution in [1.82, 2.24) is 0 Å². The number of halogens is 2. The van der Waals surface area contributed by atoms with Gasteiger partial charge in [-0.1, -0.05) is 18.2 Å². The fourth-order valence-electron chi connectivity index (χ4n) is 1.64. The van der Waals surface area contributed by atoms with Crippen LogP contribution in [-0.2, 0) is 6.61 Å². The topological polar surface area (TPSA) is 29.5 Å². The number of hydrogen-bond acceptors (Lipinski definition) is 2. The molecule has 19 heavy (non-hydrogen) atoms. The largest absolute Gasteiger partial charge is 0.489 e. The Morgan fingerprint density at radius 1 is 1.05 bits per heavy atom. The van der Waals surface area contributed by atoms with Crippen molar-refractivity contribution in [1.29, 1.82) is 0 Å². The van der Waals surface area contributed by atoms with Crippen molar-refractivity contribution in [3.05, 3.63) is 65.2 Å². The van der Waals surface area contributed by atoms with Crippen molar-refractivity contribution >= 4 is 0 Å². The number of aliphatic hydroxyl groups excluding tert-OH is 1. The summed E-state index contributed by atoms with van der Waals surface area (Å²) in [6.07, 6.45) is -0.528. The number of benzene rings is 2. The molecule has 0 aliphatic heterocycles. The molecule has 4 heteroatoms. The fraction of sp³-hybridized carbons (Fsp3) is 0.200. The molecule has 2 rings (SSSR count). The molecule has 2 nitrogen and oxygen atoms in total.